The SMILES string of the molecule is CCc1c(NC)ncnc1-c1ncccc1OC. The first-order valence-corrected chi connectivity index (χ1v) is 5.82. The predicted molar refractivity (Wildman–Crippen MR) is 70.7 cm³/mol. The normalized spacial score (nSPS) is 10.2. The first-order valence-electron chi connectivity index (χ1n) is 5.82. The molecule has 0 aliphatic rings. The van der Waals surface area contributed by atoms with Crippen LogP contribution in [0, 0.1) is 0 Å². The fourth-order valence-corrected chi connectivity index (χ4v) is 1.90. The summed E-state index contributed by atoms with van der Waals surface area (Å²) in [7, 11) is 3.48. The first kappa shape index (κ1) is 12.3. The maximum absolute atomic E-state index is 5.33. The van der Waals surface area contributed by atoms with Crippen LogP contribution in [0.1, 0.15) is 12.5 Å². The van der Waals surface area contributed by atoms with Crippen LogP contribution >= 0.6 is 0 Å². The zero-order valence-electron chi connectivity index (χ0n) is 10.8. The van der Waals surface area contributed by atoms with Crippen LogP contribution in [-0.4, -0.2) is 29.1 Å². The fraction of sp³-hybridized carbons (Fsp3) is 0.308. The summed E-state index contributed by atoms with van der Waals surface area (Å²) >= 11 is 0. The smallest absolute Gasteiger partial charge is 0.146 e. The van der Waals surface area contributed by atoms with E-state index in [2.05, 4.69) is 27.2 Å². The van der Waals surface area contributed by atoms with E-state index in [0.29, 0.717) is 5.75 Å². The molecule has 18 heavy (non-hydrogen) atoms. The quantitative estimate of drug-likeness (QED) is 0.893. The highest BCUT2D eigenvalue weighted by Gasteiger charge is 2.15. The molecule has 0 aliphatic heterocycles. The molecule has 0 atom stereocenters. The molecule has 0 fully saturated rings. The Morgan fingerprint density at radius 2 is 2.06 bits per heavy atom. The van der Waals surface area contributed by atoms with Gasteiger partial charge in [0.05, 0.1) is 7.11 Å². The summed E-state index contributed by atoms with van der Waals surface area (Å²) in [5.41, 5.74) is 2.60. The van der Waals surface area contributed by atoms with Gasteiger partial charge in [-0.1, -0.05) is 6.92 Å². The van der Waals surface area contributed by atoms with Gasteiger partial charge >= 0.3 is 0 Å². The highest BCUT2D eigenvalue weighted by molar-refractivity contribution is 5.69. The van der Waals surface area contributed by atoms with Crippen molar-refractivity contribution in [3.63, 3.8) is 0 Å². The maximum Gasteiger partial charge on any atom is 0.146 e. The Morgan fingerprint density at radius 1 is 1.22 bits per heavy atom. The average Bonchev–Trinajstić information content (AvgIpc) is 2.46. The minimum Gasteiger partial charge on any atom is -0.494 e. The van der Waals surface area contributed by atoms with Gasteiger partial charge in [-0.25, -0.2) is 9.97 Å². The molecule has 2 heterocycles. The van der Waals surface area contributed by atoms with Crippen molar-refractivity contribution < 1.29 is 4.74 Å². The molecule has 0 aliphatic carbocycles. The molecule has 5 nitrogen and oxygen atoms in total. The Balaban J connectivity index is 2.63. The van der Waals surface area contributed by atoms with Crippen molar-refractivity contribution in [2.45, 2.75) is 13.3 Å². The molecule has 2 aromatic heterocycles. The number of ether oxygens (including phenoxy) is 1. The third-order valence-electron chi connectivity index (χ3n) is 2.75. The largest absolute Gasteiger partial charge is 0.494 e. The van der Waals surface area contributed by atoms with E-state index in [9.17, 15) is 0 Å². The van der Waals surface area contributed by atoms with Gasteiger partial charge in [-0.15, -0.1) is 0 Å². The second-order valence-electron chi connectivity index (χ2n) is 3.71. The lowest BCUT2D eigenvalue weighted by Crippen LogP contribution is -2.03. The van der Waals surface area contributed by atoms with E-state index < -0.39 is 0 Å². The molecule has 94 valence electrons. The van der Waals surface area contributed by atoms with Crippen LogP contribution in [-0.2, 0) is 6.42 Å². The average molecular weight is 244 g/mol. The Bertz CT molecular complexity index is 542. The van der Waals surface area contributed by atoms with Gasteiger partial charge in [-0.2, -0.15) is 0 Å². The number of methoxy groups -OCH3 is 1. The Labute approximate surface area is 106 Å². The molecule has 0 saturated carbocycles. The molecule has 1 N–H and O–H groups in total. The fourth-order valence-electron chi connectivity index (χ4n) is 1.90. The van der Waals surface area contributed by atoms with E-state index in [0.717, 1.165) is 29.2 Å². The van der Waals surface area contributed by atoms with Crippen LogP contribution in [0.25, 0.3) is 11.4 Å². The third-order valence-corrected chi connectivity index (χ3v) is 2.75. The van der Waals surface area contributed by atoms with Crippen molar-refractivity contribution in [2.75, 3.05) is 19.5 Å². The number of hydrogen-bond donors (Lipinski definition) is 1. The van der Waals surface area contributed by atoms with Gasteiger partial charge < -0.3 is 10.1 Å². The number of anilines is 1. The molecule has 5 heteroatoms. The van der Waals surface area contributed by atoms with Gasteiger partial charge in [-0.05, 0) is 18.6 Å². The number of hydrogen-bond acceptors (Lipinski definition) is 5. The molecular formula is C13H16N4O. The monoisotopic (exact) mass is 244 g/mol. The highest BCUT2D eigenvalue weighted by atomic mass is 16.5. The Kier molecular flexibility index (Phi) is 3.72. The third kappa shape index (κ3) is 2.11. The van der Waals surface area contributed by atoms with Crippen molar-refractivity contribution in [3.8, 4) is 17.1 Å². The van der Waals surface area contributed by atoms with Crippen molar-refractivity contribution >= 4 is 5.82 Å². The molecule has 0 aromatic carbocycles. The number of nitrogens with zero attached hydrogens (tertiary/aromatic N) is 3. The summed E-state index contributed by atoms with van der Waals surface area (Å²) in [5, 5.41) is 3.07. The first-order chi connectivity index (χ1) is 8.81. The molecule has 2 aromatic rings. The van der Waals surface area contributed by atoms with Crippen molar-refractivity contribution in [1.82, 2.24) is 15.0 Å². The summed E-state index contributed by atoms with van der Waals surface area (Å²) in [6, 6.07) is 3.72. The van der Waals surface area contributed by atoms with Gasteiger partial charge in [0.1, 0.15) is 29.3 Å². The molecule has 0 saturated heterocycles. The Morgan fingerprint density at radius 3 is 2.72 bits per heavy atom. The number of rotatable bonds is 4. The summed E-state index contributed by atoms with van der Waals surface area (Å²) in [6.07, 6.45) is 4.10. The summed E-state index contributed by atoms with van der Waals surface area (Å²) in [5.74, 6) is 1.54. The molecule has 0 radical (unpaired) electrons. The van der Waals surface area contributed by atoms with E-state index in [1.54, 1.807) is 13.3 Å². The van der Waals surface area contributed by atoms with Crippen molar-refractivity contribution in [1.29, 1.82) is 0 Å². The van der Waals surface area contributed by atoms with E-state index in [1.165, 1.54) is 6.33 Å². The number of aromatic nitrogens is 3. The van der Waals surface area contributed by atoms with Crippen LogP contribution in [0.15, 0.2) is 24.7 Å². The number of nitrogens with one attached hydrogen (secondary N) is 1. The van der Waals surface area contributed by atoms with E-state index >= 15 is 0 Å². The zero-order valence-corrected chi connectivity index (χ0v) is 10.8. The van der Waals surface area contributed by atoms with Crippen molar-refractivity contribution in [2.24, 2.45) is 0 Å². The lowest BCUT2D eigenvalue weighted by molar-refractivity contribution is 0.414. The predicted octanol–water partition coefficient (Wildman–Crippen LogP) is 2.15. The summed E-state index contributed by atoms with van der Waals surface area (Å²) in [6.45, 7) is 2.07. The lowest BCUT2D eigenvalue weighted by atomic mass is 10.1. The molecule has 0 amide bonds. The second kappa shape index (κ2) is 5.44. The minimum atomic E-state index is 0.716. The lowest BCUT2D eigenvalue weighted by Gasteiger charge is -2.12. The van der Waals surface area contributed by atoms with Crippen molar-refractivity contribution in [3.05, 3.63) is 30.2 Å². The van der Waals surface area contributed by atoms with E-state index in [4.69, 9.17) is 4.74 Å². The standard InChI is InChI=1S/C13H16N4O/c1-4-9-11(16-8-17-13(9)14-2)12-10(18-3)6-5-7-15-12/h5-8H,4H2,1-3H3,(H,14,16,17). The highest BCUT2D eigenvalue weighted by Crippen LogP contribution is 2.30. The van der Waals surface area contributed by atoms with Gasteiger partial charge in [-0.3, -0.25) is 4.98 Å². The molecule has 0 unspecified atom stereocenters. The topological polar surface area (TPSA) is 59.9 Å². The molecule has 0 bridgehead atoms. The van der Waals surface area contributed by atoms with E-state index in [1.807, 2.05) is 19.2 Å². The maximum atomic E-state index is 5.33. The van der Waals surface area contributed by atoms with E-state index in [-0.39, 0.29) is 0 Å². The van der Waals surface area contributed by atoms with Gasteiger partial charge in [0.15, 0.2) is 0 Å². The minimum absolute atomic E-state index is 0.716. The van der Waals surface area contributed by atoms with Crippen LogP contribution in [0.4, 0.5) is 5.82 Å². The Hall–Kier alpha value is -2.17. The van der Waals surface area contributed by atoms with Gasteiger partial charge in [0.2, 0.25) is 0 Å². The molecule has 2 rings (SSSR count). The molecular weight excluding hydrogens is 228 g/mol. The molecule has 0 spiro atoms. The van der Waals surface area contributed by atoms with Gasteiger partial charge in [0, 0.05) is 18.8 Å². The van der Waals surface area contributed by atoms with Gasteiger partial charge in [0.25, 0.3) is 0 Å². The number of pyridine rings is 1. The van der Waals surface area contributed by atoms with Crippen LogP contribution < -0.4 is 10.1 Å². The second-order valence-corrected chi connectivity index (χ2v) is 3.71. The zero-order chi connectivity index (χ0) is 13.0. The van der Waals surface area contributed by atoms with Crippen LogP contribution in [0.5, 0.6) is 5.75 Å². The van der Waals surface area contributed by atoms with Crippen LogP contribution in [0.2, 0.25) is 0 Å². The summed E-state index contributed by atoms with van der Waals surface area (Å²) < 4.78 is 5.33. The summed E-state index contributed by atoms with van der Waals surface area (Å²) in [4.78, 5) is 12.9. The van der Waals surface area contributed by atoms with Crippen LogP contribution in [0.3, 0.4) is 0 Å².